The molecule has 82 valence electrons. The van der Waals surface area contributed by atoms with E-state index in [0.29, 0.717) is 12.1 Å². The van der Waals surface area contributed by atoms with Gasteiger partial charge in [0, 0.05) is 17.8 Å². The molecule has 0 saturated heterocycles. The zero-order valence-corrected chi connectivity index (χ0v) is 9.29. The molecular weight excluding hydrogens is 214 g/mol. The highest BCUT2D eigenvalue weighted by molar-refractivity contribution is 6.18. The highest BCUT2D eigenvalue weighted by Gasteiger charge is 2.02. The van der Waals surface area contributed by atoms with Crippen LogP contribution in [0.5, 0.6) is 0 Å². The molecule has 0 aliphatic rings. The Morgan fingerprint density at radius 1 is 1.47 bits per heavy atom. The molecule has 1 rings (SSSR count). The van der Waals surface area contributed by atoms with Crippen LogP contribution in [0.1, 0.15) is 17.3 Å². The van der Waals surface area contributed by atoms with Crippen molar-refractivity contribution in [3.63, 3.8) is 0 Å². The van der Waals surface area contributed by atoms with E-state index < -0.39 is 6.10 Å². The number of anilines is 1. The minimum atomic E-state index is -0.556. The Morgan fingerprint density at radius 2 is 2.07 bits per heavy atom. The first-order valence-corrected chi connectivity index (χ1v) is 5.26. The molecule has 2 N–H and O–H groups in total. The van der Waals surface area contributed by atoms with E-state index in [-0.39, 0.29) is 11.7 Å². The third kappa shape index (κ3) is 3.90. The largest absolute Gasteiger partial charge is 0.390 e. The highest BCUT2D eigenvalue weighted by atomic mass is 35.5. The van der Waals surface area contributed by atoms with Crippen LogP contribution in [0.3, 0.4) is 0 Å². The second-order valence-corrected chi connectivity index (χ2v) is 3.63. The van der Waals surface area contributed by atoms with Crippen LogP contribution in [0.25, 0.3) is 0 Å². The van der Waals surface area contributed by atoms with Gasteiger partial charge in [-0.05, 0) is 31.2 Å². The highest BCUT2D eigenvalue weighted by Crippen LogP contribution is 2.09. The van der Waals surface area contributed by atoms with Crippen LogP contribution in [0.4, 0.5) is 5.69 Å². The lowest BCUT2D eigenvalue weighted by Crippen LogP contribution is -2.20. The fraction of sp³-hybridized carbons (Fsp3) is 0.364. The minimum absolute atomic E-state index is 0.0438. The molecule has 0 heterocycles. The maximum absolute atomic E-state index is 11.0. The van der Waals surface area contributed by atoms with Crippen LogP contribution in [-0.4, -0.2) is 29.4 Å². The van der Waals surface area contributed by atoms with Gasteiger partial charge in [-0.15, -0.1) is 11.6 Å². The summed E-state index contributed by atoms with van der Waals surface area (Å²) < 4.78 is 0. The number of hydrogen-bond acceptors (Lipinski definition) is 3. The lowest BCUT2D eigenvalue weighted by Gasteiger charge is -2.09. The number of alkyl halides is 1. The van der Waals surface area contributed by atoms with Gasteiger partial charge in [-0.3, -0.25) is 4.79 Å². The van der Waals surface area contributed by atoms with Gasteiger partial charge < -0.3 is 10.4 Å². The first-order chi connectivity index (χ1) is 7.13. The maximum atomic E-state index is 11.0. The molecule has 0 aliphatic heterocycles. The standard InChI is InChI=1S/C11H14ClNO2/c1-8(14)9-2-4-10(5-3-9)13-7-11(15)6-12/h2-5,11,13,15H,6-7H2,1H3. The number of rotatable bonds is 5. The molecule has 1 aromatic rings. The first-order valence-electron chi connectivity index (χ1n) is 4.72. The van der Waals surface area contributed by atoms with Crippen LogP contribution in [0.2, 0.25) is 0 Å². The van der Waals surface area contributed by atoms with Crippen LogP contribution in [-0.2, 0) is 0 Å². The third-order valence-corrected chi connectivity index (χ3v) is 2.37. The summed E-state index contributed by atoms with van der Waals surface area (Å²) in [6, 6.07) is 7.10. The third-order valence-electron chi connectivity index (χ3n) is 2.01. The molecule has 1 aromatic carbocycles. The van der Waals surface area contributed by atoms with E-state index in [1.54, 1.807) is 24.3 Å². The number of aliphatic hydroxyl groups is 1. The summed E-state index contributed by atoms with van der Waals surface area (Å²) in [6.45, 7) is 1.93. The fourth-order valence-corrected chi connectivity index (χ4v) is 1.22. The molecule has 15 heavy (non-hydrogen) atoms. The van der Waals surface area contributed by atoms with E-state index in [9.17, 15) is 9.90 Å². The van der Waals surface area contributed by atoms with E-state index in [0.717, 1.165) is 5.69 Å². The number of aliphatic hydroxyl groups excluding tert-OH is 1. The Kier molecular flexibility index (Phi) is 4.59. The van der Waals surface area contributed by atoms with E-state index in [2.05, 4.69) is 5.32 Å². The van der Waals surface area contributed by atoms with Crippen LogP contribution < -0.4 is 5.32 Å². The smallest absolute Gasteiger partial charge is 0.159 e. The molecule has 0 fully saturated rings. The average Bonchev–Trinajstić information content (AvgIpc) is 2.26. The number of ketones is 1. The van der Waals surface area contributed by atoms with Gasteiger partial charge in [-0.25, -0.2) is 0 Å². The normalized spacial score (nSPS) is 12.2. The lowest BCUT2D eigenvalue weighted by atomic mass is 10.1. The zero-order chi connectivity index (χ0) is 11.3. The lowest BCUT2D eigenvalue weighted by molar-refractivity contribution is 0.101. The molecular formula is C11H14ClNO2. The Balaban J connectivity index is 2.53. The van der Waals surface area contributed by atoms with Gasteiger partial charge in [0.15, 0.2) is 5.78 Å². The summed E-state index contributed by atoms with van der Waals surface area (Å²) in [5, 5.41) is 12.2. The van der Waals surface area contributed by atoms with Gasteiger partial charge in [0.05, 0.1) is 12.0 Å². The van der Waals surface area contributed by atoms with E-state index in [1.807, 2.05) is 0 Å². The van der Waals surface area contributed by atoms with Gasteiger partial charge in [-0.2, -0.15) is 0 Å². The van der Waals surface area contributed by atoms with Gasteiger partial charge >= 0.3 is 0 Å². The Labute approximate surface area is 94.1 Å². The predicted octanol–water partition coefficient (Wildman–Crippen LogP) is 1.90. The van der Waals surface area contributed by atoms with Crippen molar-refractivity contribution in [1.29, 1.82) is 0 Å². The van der Waals surface area contributed by atoms with Crippen LogP contribution >= 0.6 is 11.6 Å². The monoisotopic (exact) mass is 227 g/mol. The second-order valence-electron chi connectivity index (χ2n) is 3.32. The fourth-order valence-electron chi connectivity index (χ4n) is 1.11. The van der Waals surface area contributed by atoms with Gasteiger partial charge in [-0.1, -0.05) is 0 Å². The molecule has 1 atom stereocenters. The van der Waals surface area contributed by atoms with Gasteiger partial charge in [0.25, 0.3) is 0 Å². The number of carbonyl (C=O) groups is 1. The molecule has 0 radical (unpaired) electrons. The second kappa shape index (κ2) is 5.73. The molecule has 3 nitrogen and oxygen atoms in total. The maximum Gasteiger partial charge on any atom is 0.159 e. The summed E-state index contributed by atoms with van der Waals surface area (Å²) in [7, 11) is 0. The Bertz CT molecular complexity index is 324. The number of benzene rings is 1. The van der Waals surface area contributed by atoms with E-state index in [4.69, 9.17) is 11.6 Å². The summed E-state index contributed by atoms with van der Waals surface area (Å²) in [6.07, 6.45) is -0.556. The van der Waals surface area contributed by atoms with Crippen molar-refractivity contribution in [2.24, 2.45) is 0 Å². The number of nitrogens with one attached hydrogen (secondary N) is 1. The first kappa shape index (κ1) is 12.0. The molecule has 0 aromatic heterocycles. The van der Waals surface area contributed by atoms with Crippen molar-refractivity contribution in [3.05, 3.63) is 29.8 Å². The molecule has 4 heteroatoms. The van der Waals surface area contributed by atoms with Crippen molar-refractivity contribution in [1.82, 2.24) is 0 Å². The van der Waals surface area contributed by atoms with Gasteiger partial charge in [0.1, 0.15) is 0 Å². The molecule has 0 bridgehead atoms. The topological polar surface area (TPSA) is 49.3 Å². The molecule has 1 unspecified atom stereocenters. The summed E-state index contributed by atoms with van der Waals surface area (Å²) >= 11 is 5.45. The van der Waals surface area contributed by atoms with E-state index in [1.165, 1.54) is 6.92 Å². The SMILES string of the molecule is CC(=O)c1ccc(NCC(O)CCl)cc1. The van der Waals surface area contributed by atoms with Crippen molar-refractivity contribution in [3.8, 4) is 0 Å². The van der Waals surface area contributed by atoms with Crippen molar-refractivity contribution in [2.75, 3.05) is 17.7 Å². The summed E-state index contributed by atoms with van der Waals surface area (Å²) in [5.74, 6) is 0.251. The number of hydrogen-bond donors (Lipinski definition) is 2. The average molecular weight is 228 g/mol. The summed E-state index contributed by atoms with van der Waals surface area (Å²) in [4.78, 5) is 11.0. The van der Waals surface area contributed by atoms with Crippen molar-refractivity contribution in [2.45, 2.75) is 13.0 Å². The van der Waals surface area contributed by atoms with Gasteiger partial charge in [0.2, 0.25) is 0 Å². The Morgan fingerprint density at radius 3 is 2.53 bits per heavy atom. The van der Waals surface area contributed by atoms with E-state index >= 15 is 0 Å². The molecule has 0 amide bonds. The van der Waals surface area contributed by atoms with Crippen LogP contribution in [0, 0.1) is 0 Å². The predicted molar refractivity (Wildman–Crippen MR) is 61.7 cm³/mol. The minimum Gasteiger partial charge on any atom is -0.390 e. The summed E-state index contributed by atoms with van der Waals surface area (Å²) in [5.41, 5.74) is 1.54. The van der Waals surface area contributed by atoms with Crippen LogP contribution in [0.15, 0.2) is 24.3 Å². The quantitative estimate of drug-likeness (QED) is 0.597. The van der Waals surface area contributed by atoms with Crippen molar-refractivity contribution >= 4 is 23.1 Å². The number of carbonyl (C=O) groups excluding carboxylic acids is 1. The van der Waals surface area contributed by atoms with Crippen molar-refractivity contribution < 1.29 is 9.90 Å². The molecule has 0 aliphatic carbocycles. The number of halogens is 1. The molecule has 0 saturated carbocycles. The Hall–Kier alpha value is -1.06. The number of Topliss-reactive ketones (excluding diaryl/α,β-unsaturated/α-hetero) is 1. The zero-order valence-electron chi connectivity index (χ0n) is 8.53. The molecule has 0 spiro atoms.